The fourth-order valence-corrected chi connectivity index (χ4v) is 2.86. The van der Waals surface area contributed by atoms with Gasteiger partial charge in [0.25, 0.3) is 0 Å². The fourth-order valence-electron chi connectivity index (χ4n) is 2.86. The second-order valence-electron chi connectivity index (χ2n) is 5.85. The zero-order valence-electron chi connectivity index (χ0n) is 13.4. The third-order valence-electron chi connectivity index (χ3n) is 4.22. The molecule has 0 radical (unpaired) electrons. The smallest absolute Gasteiger partial charge is 0.202 e. The average Bonchev–Trinajstić information content (AvgIpc) is 3.13. The lowest BCUT2D eigenvalue weighted by molar-refractivity contribution is 0.0377. The first kappa shape index (κ1) is 14.7. The molecular weight excluding hydrogens is 296 g/mol. The molecule has 0 spiro atoms. The molecule has 0 unspecified atom stereocenters. The van der Waals surface area contributed by atoms with Gasteiger partial charge in [0.05, 0.1) is 0 Å². The molecule has 0 aromatic heterocycles. The van der Waals surface area contributed by atoms with Crippen LogP contribution < -0.4 is 5.48 Å². The number of aliphatic imine (C=N–C) groups is 1. The van der Waals surface area contributed by atoms with Crippen molar-refractivity contribution in [2.75, 3.05) is 0 Å². The lowest BCUT2D eigenvalue weighted by atomic mass is 10.0. The van der Waals surface area contributed by atoms with Gasteiger partial charge in [-0.25, -0.2) is 15.3 Å². The Morgan fingerprint density at radius 2 is 1.46 bits per heavy atom. The number of rotatable bonds is 3. The summed E-state index contributed by atoms with van der Waals surface area (Å²) in [7, 11) is 0. The molecule has 0 saturated carbocycles. The zero-order valence-corrected chi connectivity index (χ0v) is 13.4. The predicted molar refractivity (Wildman–Crippen MR) is 96.6 cm³/mol. The normalized spacial score (nSPS) is 16.5. The molecule has 24 heavy (non-hydrogen) atoms. The minimum absolute atomic E-state index is 0.315. The fraction of sp³-hybridized carbons (Fsp3) is 0.0952. The quantitative estimate of drug-likeness (QED) is 0.764. The Hall–Kier alpha value is -2.91. The van der Waals surface area contributed by atoms with E-state index in [0.717, 1.165) is 17.0 Å². The minimum Gasteiger partial charge on any atom is -0.246 e. The summed E-state index contributed by atoms with van der Waals surface area (Å²) in [5.41, 5.74) is 8.63. The molecule has 4 rings (SSSR count). The van der Waals surface area contributed by atoms with Crippen LogP contribution in [0, 0.1) is 6.92 Å². The van der Waals surface area contributed by atoms with Crippen LogP contribution in [-0.2, 0) is 4.84 Å². The maximum Gasteiger partial charge on any atom is 0.202 e. The summed E-state index contributed by atoms with van der Waals surface area (Å²) in [6.45, 7) is 2.07. The van der Waals surface area contributed by atoms with Gasteiger partial charge < -0.3 is 0 Å². The molecule has 0 saturated heterocycles. The Morgan fingerprint density at radius 3 is 2.21 bits per heavy atom. The molecule has 0 bridgehead atoms. The van der Waals surface area contributed by atoms with E-state index in [1.807, 2.05) is 36.4 Å². The van der Waals surface area contributed by atoms with Gasteiger partial charge in [-0.1, -0.05) is 78.9 Å². The van der Waals surface area contributed by atoms with Gasteiger partial charge in [0, 0.05) is 11.1 Å². The van der Waals surface area contributed by atoms with Gasteiger partial charge in [0.15, 0.2) is 5.84 Å². The number of hydrogen-bond donors (Lipinski definition) is 1. The molecule has 3 aromatic carbocycles. The van der Waals surface area contributed by atoms with E-state index in [1.165, 1.54) is 16.7 Å². The topological polar surface area (TPSA) is 33.6 Å². The molecule has 1 N–H and O–H groups in total. The summed E-state index contributed by atoms with van der Waals surface area (Å²) in [5, 5.41) is 0. The molecule has 1 aliphatic heterocycles. The molecular formula is C21H18N2O. The van der Waals surface area contributed by atoms with Gasteiger partial charge in [-0.15, -0.1) is 0 Å². The number of aryl methyl sites for hydroxylation is 1. The van der Waals surface area contributed by atoms with Gasteiger partial charge >= 0.3 is 0 Å². The van der Waals surface area contributed by atoms with Gasteiger partial charge in [-0.2, -0.15) is 0 Å². The highest BCUT2D eigenvalue weighted by Gasteiger charge is 2.21. The van der Waals surface area contributed by atoms with Crippen molar-refractivity contribution in [3.05, 3.63) is 95.6 Å². The largest absolute Gasteiger partial charge is 0.246 e. The Bertz CT molecular complexity index is 870. The highest BCUT2D eigenvalue weighted by atomic mass is 16.7. The molecule has 1 heterocycles. The van der Waals surface area contributed by atoms with Gasteiger partial charge in [0.2, 0.25) is 6.23 Å². The Morgan fingerprint density at radius 1 is 0.792 bits per heavy atom. The summed E-state index contributed by atoms with van der Waals surface area (Å²) < 4.78 is 0. The zero-order chi connectivity index (χ0) is 16.4. The average molecular weight is 314 g/mol. The van der Waals surface area contributed by atoms with Crippen LogP contribution in [0.15, 0.2) is 83.9 Å². The van der Waals surface area contributed by atoms with Crippen molar-refractivity contribution < 1.29 is 4.84 Å². The second-order valence-corrected chi connectivity index (χ2v) is 5.85. The summed E-state index contributed by atoms with van der Waals surface area (Å²) in [6.07, 6.45) is -0.315. The highest BCUT2D eigenvalue weighted by molar-refractivity contribution is 6.00. The highest BCUT2D eigenvalue weighted by Crippen LogP contribution is 2.27. The Labute approximate surface area is 141 Å². The number of hydrogen-bond acceptors (Lipinski definition) is 3. The van der Waals surface area contributed by atoms with Gasteiger partial charge in [-0.05, 0) is 23.6 Å². The van der Waals surface area contributed by atoms with Gasteiger partial charge in [0.1, 0.15) is 0 Å². The SMILES string of the molecule is Cc1ccccc1C1=N[C@@H](c2ccc(-c3ccccc3)cc2)ON1. The molecule has 0 aliphatic carbocycles. The van der Waals surface area contributed by atoms with Crippen LogP contribution in [0.4, 0.5) is 0 Å². The molecule has 1 atom stereocenters. The number of nitrogens with zero attached hydrogens (tertiary/aromatic N) is 1. The van der Waals surface area contributed by atoms with Crippen molar-refractivity contribution in [1.82, 2.24) is 5.48 Å². The minimum atomic E-state index is -0.315. The number of benzene rings is 3. The maximum absolute atomic E-state index is 5.65. The molecule has 3 aromatic rings. The van der Waals surface area contributed by atoms with Gasteiger partial charge in [-0.3, -0.25) is 0 Å². The lowest BCUT2D eigenvalue weighted by Crippen LogP contribution is -2.18. The monoisotopic (exact) mass is 314 g/mol. The van der Waals surface area contributed by atoms with E-state index in [0.29, 0.717) is 0 Å². The Kier molecular flexibility index (Phi) is 3.85. The van der Waals surface area contributed by atoms with Crippen molar-refractivity contribution in [1.29, 1.82) is 0 Å². The van der Waals surface area contributed by atoms with Crippen molar-refractivity contribution in [3.63, 3.8) is 0 Å². The molecule has 3 nitrogen and oxygen atoms in total. The number of hydroxylamine groups is 1. The van der Waals surface area contributed by atoms with E-state index in [4.69, 9.17) is 4.84 Å². The van der Waals surface area contributed by atoms with E-state index in [-0.39, 0.29) is 6.23 Å². The number of nitrogens with one attached hydrogen (secondary N) is 1. The Balaban J connectivity index is 1.58. The van der Waals surface area contributed by atoms with Crippen LogP contribution in [-0.4, -0.2) is 5.84 Å². The molecule has 0 amide bonds. The third kappa shape index (κ3) is 2.82. The predicted octanol–water partition coefficient (Wildman–Crippen LogP) is 4.64. The van der Waals surface area contributed by atoms with E-state index in [1.54, 1.807) is 0 Å². The molecule has 0 fully saturated rings. The van der Waals surface area contributed by atoms with Crippen LogP contribution in [0.3, 0.4) is 0 Å². The first-order valence-electron chi connectivity index (χ1n) is 8.02. The van der Waals surface area contributed by atoms with Crippen molar-refractivity contribution in [2.24, 2.45) is 4.99 Å². The van der Waals surface area contributed by atoms with E-state index >= 15 is 0 Å². The molecule has 118 valence electrons. The first-order valence-corrected chi connectivity index (χ1v) is 8.02. The van der Waals surface area contributed by atoms with Crippen LogP contribution in [0.5, 0.6) is 0 Å². The maximum atomic E-state index is 5.65. The number of amidine groups is 1. The first-order chi connectivity index (χ1) is 11.8. The van der Waals surface area contributed by atoms with Crippen molar-refractivity contribution >= 4 is 5.84 Å². The van der Waals surface area contributed by atoms with Crippen molar-refractivity contribution in [2.45, 2.75) is 13.2 Å². The summed E-state index contributed by atoms with van der Waals surface area (Å²) in [6, 6.07) is 26.8. The van der Waals surface area contributed by atoms with Crippen LogP contribution in [0.25, 0.3) is 11.1 Å². The summed E-state index contributed by atoms with van der Waals surface area (Å²) in [5.74, 6) is 0.783. The van der Waals surface area contributed by atoms with E-state index < -0.39 is 0 Å². The van der Waals surface area contributed by atoms with Crippen LogP contribution in [0.1, 0.15) is 22.9 Å². The summed E-state index contributed by atoms with van der Waals surface area (Å²) >= 11 is 0. The standard InChI is InChI=1S/C21H18N2O/c1-15-7-5-6-10-19(15)20-22-21(24-23-20)18-13-11-17(12-14-18)16-8-3-2-4-9-16/h2-14,21H,1H3,(H,22,23)/t21-/m1/s1. The lowest BCUT2D eigenvalue weighted by Gasteiger charge is -2.07. The van der Waals surface area contributed by atoms with E-state index in [2.05, 4.69) is 59.9 Å². The van der Waals surface area contributed by atoms with E-state index in [9.17, 15) is 0 Å². The molecule has 1 aliphatic rings. The van der Waals surface area contributed by atoms with Crippen molar-refractivity contribution in [3.8, 4) is 11.1 Å². The third-order valence-corrected chi connectivity index (χ3v) is 4.22. The van der Waals surface area contributed by atoms with Crippen LogP contribution in [0.2, 0.25) is 0 Å². The van der Waals surface area contributed by atoms with Crippen LogP contribution >= 0.6 is 0 Å². The second kappa shape index (κ2) is 6.30. The summed E-state index contributed by atoms with van der Waals surface area (Å²) in [4.78, 5) is 10.3. The molecule has 3 heteroatoms.